The molecule has 1 aromatic carbocycles. The lowest BCUT2D eigenvalue weighted by Gasteiger charge is -2.08. The molecule has 0 N–H and O–H groups in total. The largest absolute Gasteiger partial charge is 0.299 e. The van der Waals surface area contributed by atoms with Crippen LogP contribution in [0.2, 0.25) is 0 Å². The van der Waals surface area contributed by atoms with E-state index in [-0.39, 0.29) is 0 Å². The van der Waals surface area contributed by atoms with Gasteiger partial charge in [0.25, 0.3) is 0 Å². The molecule has 2 heteroatoms. The molecular formula is C15H20OS. The van der Waals surface area contributed by atoms with Gasteiger partial charge < -0.3 is 0 Å². The molecule has 0 aliphatic heterocycles. The third kappa shape index (κ3) is 3.35. The van der Waals surface area contributed by atoms with E-state index in [0.29, 0.717) is 11.7 Å². The minimum absolute atomic E-state index is 0.356. The molecule has 0 bridgehead atoms. The number of hydrogen-bond donors (Lipinski definition) is 0. The molecule has 1 atom stereocenters. The summed E-state index contributed by atoms with van der Waals surface area (Å²) in [5, 5.41) is 0. The lowest BCUT2D eigenvalue weighted by Crippen LogP contribution is -2.06. The molecule has 0 amide bonds. The Hall–Kier alpha value is -0.760. The molecule has 0 saturated heterocycles. The van der Waals surface area contributed by atoms with Crippen molar-refractivity contribution < 1.29 is 4.79 Å². The van der Waals surface area contributed by atoms with E-state index >= 15 is 0 Å². The van der Waals surface area contributed by atoms with Crippen molar-refractivity contribution in [2.75, 3.05) is 5.75 Å². The van der Waals surface area contributed by atoms with Crippen LogP contribution in [-0.2, 0) is 4.79 Å². The van der Waals surface area contributed by atoms with Crippen LogP contribution in [0.15, 0.2) is 23.1 Å². The maximum atomic E-state index is 11.5. The molecule has 1 nitrogen and oxygen atoms in total. The zero-order valence-corrected chi connectivity index (χ0v) is 11.5. The quantitative estimate of drug-likeness (QED) is 0.744. The van der Waals surface area contributed by atoms with Gasteiger partial charge in [0, 0.05) is 17.2 Å². The third-order valence-electron chi connectivity index (χ3n) is 3.64. The van der Waals surface area contributed by atoms with Gasteiger partial charge in [-0.1, -0.05) is 6.07 Å². The van der Waals surface area contributed by atoms with Crippen LogP contribution in [-0.4, -0.2) is 11.5 Å². The van der Waals surface area contributed by atoms with Crippen LogP contribution in [0.1, 0.15) is 36.8 Å². The second-order valence-electron chi connectivity index (χ2n) is 4.94. The van der Waals surface area contributed by atoms with E-state index in [4.69, 9.17) is 0 Å². The summed E-state index contributed by atoms with van der Waals surface area (Å²) in [6.45, 7) is 4.29. The summed E-state index contributed by atoms with van der Waals surface area (Å²) < 4.78 is 0. The SMILES string of the molecule is Cc1ccc(SCCC2CCCC2=O)cc1C. The van der Waals surface area contributed by atoms with E-state index in [2.05, 4.69) is 32.0 Å². The van der Waals surface area contributed by atoms with Crippen LogP contribution in [0.25, 0.3) is 0 Å². The number of Topliss-reactive ketones (excluding diaryl/α,β-unsaturated/α-hetero) is 1. The van der Waals surface area contributed by atoms with Crippen LogP contribution >= 0.6 is 11.8 Å². The van der Waals surface area contributed by atoms with Crippen LogP contribution in [0.3, 0.4) is 0 Å². The molecule has 2 rings (SSSR count). The summed E-state index contributed by atoms with van der Waals surface area (Å²) >= 11 is 1.88. The molecule has 0 radical (unpaired) electrons. The minimum Gasteiger partial charge on any atom is -0.299 e. The second-order valence-corrected chi connectivity index (χ2v) is 6.11. The average Bonchev–Trinajstić information content (AvgIpc) is 2.70. The van der Waals surface area contributed by atoms with Gasteiger partial charge in [-0.15, -0.1) is 11.8 Å². The zero-order valence-electron chi connectivity index (χ0n) is 10.7. The summed E-state index contributed by atoms with van der Waals surface area (Å²) in [4.78, 5) is 12.8. The summed E-state index contributed by atoms with van der Waals surface area (Å²) in [5.74, 6) is 1.92. The minimum atomic E-state index is 0.356. The van der Waals surface area contributed by atoms with Gasteiger partial charge in [0.1, 0.15) is 5.78 Å². The van der Waals surface area contributed by atoms with Gasteiger partial charge in [0.15, 0.2) is 0 Å². The standard InChI is InChI=1S/C15H20OS/c1-11-6-7-14(10-12(11)2)17-9-8-13-4-3-5-15(13)16/h6-7,10,13H,3-5,8-9H2,1-2H3. The number of carbonyl (C=O) groups is 1. The summed E-state index contributed by atoms with van der Waals surface area (Å²) in [6.07, 6.45) is 4.10. The Kier molecular flexibility index (Phi) is 4.27. The fourth-order valence-corrected chi connectivity index (χ4v) is 3.38. The first kappa shape index (κ1) is 12.7. The van der Waals surface area contributed by atoms with Gasteiger partial charge >= 0.3 is 0 Å². The molecule has 1 fully saturated rings. The topological polar surface area (TPSA) is 17.1 Å². The van der Waals surface area contributed by atoms with E-state index in [0.717, 1.165) is 31.4 Å². The first-order chi connectivity index (χ1) is 8.16. The Morgan fingerprint density at radius 3 is 2.76 bits per heavy atom. The normalized spacial score (nSPS) is 19.9. The van der Waals surface area contributed by atoms with Crippen LogP contribution in [0.5, 0.6) is 0 Å². The molecular weight excluding hydrogens is 228 g/mol. The molecule has 92 valence electrons. The van der Waals surface area contributed by atoms with Crippen molar-refractivity contribution in [1.82, 2.24) is 0 Å². The van der Waals surface area contributed by atoms with Crippen molar-refractivity contribution in [1.29, 1.82) is 0 Å². The highest BCUT2D eigenvalue weighted by Gasteiger charge is 2.23. The Morgan fingerprint density at radius 2 is 2.12 bits per heavy atom. The molecule has 1 aliphatic rings. The first-order valence-electron chi connectivity index (χ1n) is 6.39. The summed E-state index contributed by atoms with van der Waals surface area (Å²) in [6, 6.07) is 6.61. The lowest BCUT2D eigenvalue weighted by atomic mass is 10.1. The number of carbonyl (C=O) groups excluding carboxylic acids is 1. The zero-order chi connectivity index (χ0) is 12.3. The van der Waals surface area contributed by atoms with E-state index in [9.17, 15) is 4.79 Å². The van der Waals surface area contributed by atoms with Crippen molar-refractivity contribution in [2.45, 2.75) is 44.4 Å². The fraction of sp³-hybridized carbons (Fsp3) is 0.533. The summed E-state index contributed by atoms with van der Waals surface area (Å²) in [5.41, 5.74) is 2.70. The predicted octanol–water partition coefficient (Wildman–Crippen LogP) is 4.15. The molecule has 0 spiro atoms. The Morgan fingerprint density at radius 1 is 1.29 bits per heavy atom. The van der Waals surface area contributed by atoms with Crippen molar-refractivity contribution in [2.24, 2.45) is 5.92 Å². The van der Waals surface area contributed by atoms with Gasteiger partial charge in [-0.2, -0.15) is 0 Å². The van der Waals surface area contributed by atoms with Gasteiger partial charge in [0.05, 0.1) is 0 Å². The van der Waals surface area contributed by atoms with E-state index in [1.807, 2.05) is 11.8 Å². The van der Waals surface area contributed by atoms with Crippen LogP contribution < -0.4 is 0 Å². The second kappa shape index (κ2) is 5.72. The highest BCUT2D eigenvalue weighted by Crippen LogP contribution is 2.28. The molecule has 1 aromatic rings. The van der Waals surface area contributed by atoms with Gasteiger partial charge in [-0.3, -0.25) is 4.79 Å². The number of aryl methyl sites for hydroxylation is 2. The maximum absolute atomic E-state index is 11.5. The van der Waals surface area contributed by atoms with Crippen molar-refractivity contribution in [3.63, 3.8) is 0 Å². The van der Waals surface area contributed by atoms with Crippen molar-refractivity contribution >= 4 is 17.5 Å². The third-order valence-corrected chi connectivity index (χ3v) is 4.67. The molecule has 1 saturated carbocycles. The van der Waals surface area contributed by atoms with Gasteiger partial charge in [0.2, 0.25) is 0 Å². The van der Waals surface area contributed by atoms with Crippen molar-refractivity contribution in [3.05, 3.63) is 29.3 Å². The Labute approximate surface area is 108 Å². The predicted molar refractivity (Wildman–Crippen MR) is 73.6 cm³/mol. The Bertz CT molecular complexity index is 411. The smallest absolute Gasteiger partial charge is 0.136 e. The molecule has 1 unspecified atom stereocenters. The molecule has 0 heterocycles. The number of ketones is 1. The maximum Gasteiger partial charge on any atom is 0.136 e. The van der Waals surface area contributed by atoms with E-state index in [1.165, 1.54) is 16.0 Å². The highest BCUT2D eigenvalue weighted by atomic mass is 32.2. The van der Waals surface area contributed by atoms with E-state index in [1.54, 1.807) is 0 Å². The van der Waals surface area contributed by atoms with Crippen LogP contribution in [0, 0.1) is 19.8 Å². The first-order valence-corrected chi connectivity index (χ1v) is 7.38. The van der Waals surface area contributed by atoms with Gasteiger partial charge in [-0.25, -0.2) is 0 Å². The number of rotatable bonds is 4. The molecule has 0 aromatic heterocycles. The summed E-state index contributed by atoms with van der Waals surface area (Å²) in [7, 11) is 0. The molecule has 1 aliphatic carbocycles. The van der Waals surface area contributed by atoms with Crippen molar-refractivity contribution in [3.8, 4) is 0 Å². The fourth-order valence-electron chi connectivity index (χ4n) is 2.32. The van der Waals surface area contributed by atoms with E-state index < -0.39 is 0 Å². The lowest BCUT2D eigenvalue weighted by molar-refractivity contribution is -0.120. The van der Waals surface area contributed by atoms with Gasteiger partial charge in [-0.05, 0) is 62.1 Å². The number of hydrogen-bond acceptors (Lipinski definition) is 2. The highest BCUT2D eigenvalue weighted by molar-refractivity contribution is 7.99. The monoisotopic (exact) mass is 248 g/mol. The average molecular weight is 248 g/mol. The number of thioether (sulfide) groups is 1. The van der Waals surface area contributed by atoms with Crippen LogP contribution in [0.4, 0.5) is 0 Å². The number of benzene rings is 1. The Balaban J connectivity index is 1.81. The molecule has 17 heavy (non-hydrogen) atoms.